The average molecular weight is 509 g/mol. The molecule has 0 aliphatic carbocycles. The summed E-state index contributed by atoms with van der Waals surface area (Å²) in [5.74, 6) is 5.67. The van der Waals surface area contributed by atoms with Gasteiger partial charge in [-0.3, -0.25) is 0 Å². The molecule has 0 N–H and O–H groups in total. The van der Waals surface area contributed by atoms with E-state index in [9.17, 15) is 0 Å². The molecule has 3 aliphatic heterocycles. The summed E-state index contributed by atoms with van der Waals surface area (Å²) in [6, 6.07) is 0. The third kappa shape index (κ3) is 5.12. The first-order valence-electron chi connectivity index (χ1n) is 7.32. The summed E-state index contributed by atoms with van der Waals surface area (Å²) in [5.41, 5.74) is 0. The molecule has 3 atom stereocenters. The second-order valence-corrected chi connectivity index (χ2v) is 51.1. The molecule has 116 valence electrons. The van der Waals surface area contributed by atoms with E-state index >= 15 is 0 Å². The van der Waals surface area contributed by atoms with Crippen molar-refractivity contribution in [3.05, 3.63) is 0 Å². The van der Waals surface area contributed by atoms with Gasteiger partial charge in [0.1, 0.15) is 0 Å². The number of thioether (sulfide) groups is 3. The second-order valence-electron chi connectivity index (χ2n) is 4.97. The zero-order valence-electron chi connectivity index (χ0n) is 11.7. The van der Waals surface area contributed by atoms with Gasteiger partial charge in [-0.1, -0.05) is 0 Å². The number of rotatable bonds is 9. The van der Waals surface area contributed by atoms with Crippen molar-refractivity contribution in [3.63, 3.8) is 0 Å². The molecule has 0 amide bonds. The molecule has 0 saturated carbocycles. The molecule has 0 spiro atoms. The minimum atomic E-state index is -2.18. The van der Waals surface area contributed by atoms with Crippen molar-refractivity contribution in [3.8, 4) is 0 Å². The van der Waals surface area contributed by atoms with E-state index in [0.29, 0.717) is 0 Å². The molecule has 8 heteroatoms. The molecule has 0 radical (unpaired) electrons. The predicted octanol–water partition coefficient (Wildman–Crippen LogP) is 6.15. The summed E-state index contributed by atoms with van der Waals surface area (Å²) in [6.07, 6.45) is 5.81. The summed E-state index contributed by atoms with van der Waals surface area (Å²) in [5, 5.41) is 0. The Bertz CT molecular complexity index is 263. The summed E-state index contributed by atoms with van der Waals surface area (Å²) in [4.78, 5) is 0. The van der Waals surface area contributed by atoms with E-state index in [4.69, 9.17) is 0 Å². The Balaban J connectivity index is 1.63. The van der Waals surface area contributed by atoms with Crippen LogP contribution in [0.2, 0.25) is 0 Å². The van der Waals surface area contributed by atoms with Crippen LogP contribution in [0.4, 0.5) is 0 Å². The van der Waals surface area contributed by atoms with Crippen LogP contribution < -0.4 is 0 Å². The van der Waals surface area contributed by atoms with Crippen LogP contribution in [-0.2, 0) is 0 Å². The molecule has 0 nitrogen and oxygen atoms in total. The molecule has 20 heavy (non-hydrogen) atoms. The zero-order valence-corrected chi connectivity index (χ0v) is 20.3. The first kappa shape index (κ1) is 18.1. The Kier molecular flexibility index (Phi) is 8.20. The first-order valence-corrected chi connectivity index (χ1v) is 28.1. The Morgan fingerprint density at radius 2 is 1.25 bits per heavy atom. The SMILES string of the molecule is CCC[S][Sn]([S]C1CCS1)([S]C1CCS1)[S]C1CCS1. The van der Waals surface area contributed by atoms with E-state index in [1.54, 1.807) is 0 Å². The summed E-state index contributed by atoms with van der Waals surface area (Å²) < 4.78 is 2.89. The van der Waals surface area contributed by atoms with Gasteiger partial charge in [0.15, 0.2) is 0 Å². The van der Waals surface area contributed by atoms with E-state index in [1.165, 1.54) is 48.7 Å². The minimum absolute atomic E-state index is 0.963. The fourth-order valence-corrected chi connectivity index (χ4v) is 84.7. The average Bonchev–Trinajstić information content (AvgIpc) is 2.30. The van der Waals surface area contributed by atoms with Gasteiger partial charge in [0, 0.05) is 0 Å². The van der Waals surface area contributed by atoms with Gasteiger partial charge in [0.25, 0.3) is 0 Å². The maximum absolute atomic E-state index is 2.51. The second kappa shape index (κ2) is 9.09. The van der Waals surface area contributed by atoms with E-state index in [-0.39, 0.29) is 0 Å². The van der Waals surface area contributed by atoms with Gasteiger partial charge in [-0.15, -0.1) is 0 Å². The monoisotopic (exact) mass is 510 g/mol. The Morgan fingerprint density at radius 3 is 1.50 bits per heavy atom. The quantitative estimate of drug-likeness (QED) is 0.338. The molecule has 3 heterocycles. The van der Waals surface area contributed by atoms with Crippen molar-refractivity contribution in [2.24, 2.45) is 0 Å². The molecular weight excluding hydrogens is 487 g/mol. The fourth-order valence-electron chi connectivity index (χ4n) is 1.82. The van der Waals surface area contributed by atoms with E-state index < -0.39 is 12.8 Å². The van der Waals surface area contributed by atoms with Crippen LogP contribution in [0, 0.1) is 0 Å². The number of hydrogen-bond donors (Lipinski definition) is 0. The van der Waals surface area contributed by atoms with Gasteiger partial charge in [-0.2, -0.15) is 0 Å². The van der Waals surface area contributed by atoms with E-state index in [2.05, 4.69) is 78.0 Å². The predicted molar refractivity (Wildman–Crippen MR) is 114 cm³/mol. The molecule has 0 aromatic heterocycles. The molecule has 3 saturated heterocycles. The molecule has 3 unspecified atom stereocenters. The Morgan fingerprint density at radius 1 is 0.850 bits per heavy atom. The molecule has 0 aromatic carbocycles. The Labute approximate surface area is 151 Å². The van der Waals surface area contributed by atoms with Crippen molar-refractivity contribution < 1.29 is 0 Å². The summed E-state index contributed by atoms with van der Waals surface area (Å²) >= 11 is 4.52. The van der Waals surface area contributed by atoms with Crippen LogP contribution in [0.25, 0.3) is 0 Å². The van der Waals surface area contributed by atoms with Crippen molar-refractivity contribution in [2.75, 3.05) is 23.0 Å². The van der Waals surface area contributed by atoms with Crippen LogP contribution in [0.3, 0.4) is 0 Å². The van der Waals surface area contributed by atoms with E-state index in [1.807, 2.05) is 0 Å². The fraction of sp³-hybridized carbons (Fsp3) is 1.00. The summed E-state index contributed by atoms with van der Waals surface area (Å²) in [7, 11) is 9.99. The molecule has 3 fully saturated rings. The van der Waals surface area contributed by atoms with Gasteiger partial charge in [-0.05, 0) is 0 Å². The van der Waals surface area contributed by atoms with Gasteiger partial charge in [0.2, 0.25) is 0 Å². The third-order valence-corrected chi connectivity index (χ3v) is 60.4. The van der Waals surface area contributed by atoms with E-state index in [0.717, 1.165) is 13.7 Å². The van der Waals surface area contributed by atoms with Crippen molar-refractivity contribution in [1.29, 1.82) is 0 Å². The van der Waals surface area contributed by atoms with Crippen molar-refractivity contribution >= 4 is 83.9 Å². The molecule has 3 rings (SSSR count). The van der Waals surface area contributed by atoms with Gasteiger partial charge >= 0.3 is 153 Å². The summed E-state index contributed by atoms with van der Waals surface area (Å²) in [6.45, 7) is 2.36. The topological polar surface area (TPSA) is 0 Å². The maximum atomic E-state index is 2.51. The van der Waals surface area contributed by atoms with Gasteiger partial charge < -0.3 is 0 Å². The third-order valence-electron chi connectivity index (χ3n) is 3.28. The zero-order chi connectivity index (χ0) is 13.8. The van der Waals surface area contributed by atoms with Crippen LogP contribution in [0.15, 0.2) is 0 Å². The van der Waals surface area contributed by atoms with Crippen molar-refractivity contribution in [1.82, 2.24) is 0 Å². The molecule has 3 aliphatic rings. The molecular formula is C12H22S7Sn. The van der Waals surface area contributed by atoms with Crippen LogP contribution >= 0.6 is 71.1 Å². The first-order chi connectivity index (χ1) is 9.80. The Hall–Kier alpha value is 3.25. The number of hydrogen-bond acceptors (Lipinski definition) is 7. The van der Waals surface area contributed by atoms with Gasteiger partial charge in [0.05, 0.1) is 0 Å². The normalized spacial score (nSPS) is 35.5. The van der Waals surface area contributed by atoms with Crippen LogP contribution in [-0.4, -0.2) is 49.6 Å². The molecule has 0 bridgehead atoms. The van der Waals surface area contributed by atoms with Crippen LogP contribution in [0.1, 0.15) is 32.6 Å². The standard InChI is InChI=1S/3C3H6S2.C3H8S.Sn/c3*4-3-1-2-5-3;1-2-3-4;/h3*3-4H,1-2H2;4H,2-3H2,1H3;/q;;;;+4/p-4. The van der Waals surface area contributed by atoms with Crippen molar-refractivity contribution in [2.45, 2.75) is 46.4 Å². The molecule has 0 aromatic rings. The van der Waals surface area contributed by atoms with Crippen LogP contribution in [0.5, 0.6) is 0 Å². The van der Waals surface area contributed by atoms with Gasteiger partial charge in [-0.25, -0.2) is 0 Å².